The van der Waals surface area contributed by atoms with Crippen LogP contribution >= 0.6 is 0 Å². The van der Waals surface area contributed by atoms with Gasteiger partial charge in [0.05, 0.1) is 6.10 Å². The zero-order chi connectivity index (χ0) is 15.0. The van der Waals surface area contributed by atoms with Crippen molar-refractivity contribution in [2.24, 2.45) is 11.3 Å². The van der Waals surface area contributed by atoms with Crippen molar-refractivity contribution in [3.8, 4) is 0 Å². The average Bonchev–Trinajstić information content (AvgIpc) is 3.17. The maximum absolute atomic E-state index is 6.18. The van der Waals surface area contributed by atoms with Crippen molar-refractivity contribution in [2.45, 2.75) is 52.6 Å². The van der Waals surface area contributed by atoms with Crippen LogP contribution in [0.25, 0.3) is 0 Å². The summed E-state index contributed by atoms with van der Waals surface area (Å²) in [5, 5.41) is 3.45. The van der Waals surface area contributed by atoms with Gasteiger partial charge in [0.2, 0.25) is 0 Å². The van der Waals surface area contributed by atoms with Crippen LogP contribution in [0.1, 0.15) is 41.5 Å². The Balaban J connectivity index is 1.92. The first kappa shape index (κ1) is 15.1. The lowest BCUT2D eigenvalue weighted by Crippen LogP contribution is -2.43. The Kier molecular flexibility index (Phi) is 4.11. The Morgan fingerprint density at radius 3 is 2.43 bits per heavy atom. The Morgan fingerprint density at radius 1 is 1.19 bits per heavy atom. The van der Waals surface area contributed by atoms with E-state index in [-0.39, 0.29) is 0 Å². The van der Waals surface area contributed by atoms with E-state index < -0.39 is 0 Å². The normalized spacial score (nSPS) is 29.0. The van der Waals surface area contributed by atoms with Crippen LogP contribution in [0.15, 0.2) is 12.1 Å². The molecule has 2 aliphatic rings. The average molecular weight is 287 g/mol. The molecule has 0 aromatic heterocycles. The molecule has 0 bridgehead atoms. The molecule has 3 rings (SSSR count). The molecule has 1 aromatic rings. The summed E-state index contributed by atoms with van der Waals surface area (Å²) in [6.07, 6.45) is 5.55. The summed E-state index contributed by atoms with van der Waals surface area (Å²) in [6.45, 7) is 8.74. The topological polar surface area (TPSA) is 21.3 Å². The number of hydrogen-bond acceptors (Lipinski definition) is 2. The molecular formula is C19H29NO. The van der Waals surface area contributed by atoms with Gasteiger partial charge in [0.1, 0.15) is 0 Å². The quantitative estimate of drug-likeness (QED) is 0.894. The van der Waals surface area contributed by atoms with Gasteiger partial charge in [0.15, 0.2) is 0 Å². The molecular weight excluding hydrogens is 258 g/mol. The summed E-state index contributed by atoms with van der Waals surface area (Å²) >= 11 is 0. The van der Waals surface area contributed by atoms with E-state index in [2.05, 4.69) is 45.3 Å². The number of hydrogen-bond donors (Lipinski definition) is 1. The van der Waals surface area contributed by atoms with Crippen molar-refractivity contribution in [1.82, 2.24) is 5.32 Å². The molecule has 2 fully saturated rings. The molecule has 1 aliphatic heterocycles. The SMILES string of the molecule is CNCC1(Cc2c(C)cc(C)cc2C)CCOC1C1CC1. The highest BCUT2D eigenvalue weighted by atomic mass is 16.5. The van der Waals surface area contributed by atoms with Crippen LogP contribution < -0.4 is 5.32 Å². The highest BCUT2D eigenvalue weighted by Gasteiger charge is 2.50. The molecule has 1 N–H and O–H groups in total. The predicted octanol–water partition coefficient (Wildman–Crippen LogP) is 3.56. The molecule has 2 heteroatoms. The maximum atomic E-state index is 6.18. The summed E-state index contributed by atoms with van der Waals surface area (Å²) < 4.78 is 6.18. The van der Waals surface area contributed by atoms with Gasteiger partial charge >= 0.3 is 0 Å². The third kappa shape index (κ3) is 2.89. The second-order valence-corrected chi connectivity index (χ2v) is 7.33. The minimum absolute atomic E-state index is 0.292. The predicted molar refractivity (Wildman–Crippen MR) is 87.8 cm³/mol. The number of ether oxygens (including phenoxy) is 1. The molecule has 1 aliphatic carbocycles. The number of nitrogens with one attached hydrogen (secondary N) is 1. The van der Waals surface area contributed by atoms with Crippen LogP contribution in [0.3, 0.4) is 0 Å². The van der Waals surface area contributed by atoms with E-state index >= 15 is 0 Å². The van der Waals surface area contributed by atoms with Gasteiger partial charge in [0, 0.05) is 18.6 Å². The van der Waals surface area contributed by atoms with E-state index in [0.29, 0.717) is 11.5 Å². The first-order valence-electron chi connectivity index (χ1n) is 8.39. The standard InChI is InChI=1S/C19H29NO/c1-13-9-14(2)17(15(3)10-13)11-19(12-20-4)7-8-21-18(19)16-5-6-16/h9-10,16,18,20H,5-8,11-12H2,1-4H3. The molecule has 116 valence electrons. The van der Waals surface area contributed by atoms with E-state index in [0.717, 1.165) is 25.5 Å². The van der Waals surface area contributed by atoms with Gasteiger partial charge in [0.25, 0.3) is 0 Å². The molecule has 0 spiro atoms. The van der Waals surface area contributed by atoms with Crippen LogP contribution in [0.2, 0.25) is 0 Å². The van der Waals surface area contributed by atoms with Crippen molar-refractivity contribution in [3.05, 3.63) is 34.4 Å². The smallest absolute Gasteiger partial charge is 0.0675 e. The van der Waals surface area contributed by atoms with Crippen LogP contribution in [-0.2, 0) is 11.2 Å². The molecule has 1 aromatic carbocycles. The zero-order valence-electron chi connectivity index (χ0n) is 14.0. The van der Waals surface area contributed by atoms with Gasteiger partial charge < -0.3 is 10.1 Å². The fraction of sp³-hybridized carbons (Fsp3) is 0.684. The highest BCUT2D eigenvalue weighted by molar-refractivity contribution is 5.38. The Hall–Kier alpha value is -0.860. The third-order valence-corrected chi connectivity index (χ3v) is 5.45. The van der Waals surface area contributed by atoms with Crippen molar-refractivity contribution in [2.75, 3.05) is 20.2 Å². The first-order valence-corrected chi connectivity index (χ1v) is 8.39. The fourth-order valence-electron chi connectivity index (χ4n) is 4.38. The molecule has 21 heavy (non-hydrogen) atoms. The molecule has 0 radical (unpaired) electrons. The van der Waals surface area contributed by atoms with Crippen molar-refractivity contribution in [1.29, 1.82) is 0 Å². The van der Waals surface area contributed by atoms with E-state index in [9.17, 15) is 0 Å². The van der Waals surface area contributed by atoms with Crippen molar-refractivity contribution >= 4 is 0 Å². The van der Waals surface area contributed by atoms with Crippen LogP contribution in [0, 0.1) is 32.1 Å². The first-order chi connectivity index (χ1) is 10.1. The second kappa shape index (κ2) is 5.73. The highest BCUT2D eigenvalue weighted by Crippen LogP contribution is 2.49. The van der Waals surface area contributed by atoms with Gasteiger partial charge in [-0.25, -0.2) is 0 Å². The Labute approximate surface area is 129 Å². The van der Waals surface area contributed by atoms with Gasteiger partial charge in [-0.2, -0.15) is 0 Å². The lowest BCUT2D eigenvalue weighted by molar-refractivity contribution is 0.0313. The Morgan fingerprint density at radius 2 is 1.86 bits per heavy atom. The lowest BCUT2D eigenvalue weighted by atomic mass is 9.72. The van der Waals surface area contributed by atoms with Gasteiger partial charge in [-0.05, 0) is 76.1 Å². The van der Waals surface area contributed by atoms with Crippen molar-refractivity contribution in [3.63, 3.8) is 0 Å². The minimum atomic E-state index is 0.292. The summed E-state index contributed by atoms with van der Waals surface area (Å²) in [5.41, 5.74) is 6.11. The van der Waals surface area contributed by atoms with E-state index in [1.807, 2.05) is 0 Å². The van der Waals surface area contributed by atoms with E-state index in [1.165, 1.54) is 36.0 Å². The molecule has 2 nitrogen and oxygen atoms in total. The van der Waals surface area contributed by atoms with E-state index in [1.54, 1.807) is 5.56 Å². The van der Waals surface area contributed by atoms with Crippen LogP contribution in [0.5, 0.6) is 0 Å². The molecule has 0 amide bonds. The monoisotopic (exact) mass is 287 g/mol. The largest absolute Gasteiger partial charge is 0.377 e. The summed E-state index contributed by atoms with van der Waals surface area (Å²) in [7, 11) is 2.08. The van der Waals surface area contributed by atoms with Crippen molar-refractivity contribution < 1.29 is 4.74 Å². The van der Waals surface area contributed by atoms with Crippen LogP contribution in [-0.4, -0.2) is 26.3 Å². The summed E-state index contributed by atoms with van der Waals surface area (Å²) in [6, 6.07) is 4.66. The molecule has 2 unspecified atom stereocenters. The maximum Gasteiger partial charge on any atom is 0.0675 e. The fourth-order valence-corrected chi connectivity index (χ4v) is 4.38. The zero-order valence-corrected chi connectivity index (χ0v) is 14.0. The van der Waals surface area contributed by atoms with Gasteiger partial charge in [-0.1, -0.05) is 17.7 Å². The molecule has 2 atom stereocenters. The second-order valence-electron chi connectivity index (χ2n) is 7.33. The van der Waals surface area contributed by atoms with E-state index in [4.69, 9.17) is 4.74 Å². The number of rotatable bonds is 5. The van der Waals surface area contributed by atoms with Gasteiger partial charge in [-0.15, -0.1) is 0 Å². The molecule has 1 saturated heterocycles. The van der Waals surface area contributed by atoms with Gasteiger partial charge in [-0.3, -0.25) is 0 Å². The number of benzene rings is 1. The third-order valence-electron chi connectivity index (χ3n) is 5.45. The number of aryl methyl sites for hydroxylation is 3. The molecule has 1 saturated carbocycles. The molecule has 1 heterocycles. The Bertz CT molecular complexity index is 497. The lowest BCUT2D eigenvalue weighted by Gasteiger charge is -2.35. The summed E-state index contributed by atoms with van der Waals surface area (Å²) in [5.74, 6) is 0.812. The summed E-state index contributed by atoms with van der Waals surface area (Å²) in [4.78, 5) is 0. The minimum Gasteiger partial charge on any atom is -0.377 e. The van der Waals surface area contributed by atoms with Crippen LogP contribution in [0.4, 0.5) is 0 Å².